The topological polar surface area (TPSA) is 74.8 Å². The lowest BCUT2D eigenvalue weighted by Crippen LogP contribution is -2.13. The van der Waals surface area contributed by atoms with Crippen LogP contribution in [0.3, 0.4) is 0 Å². The molecule has 0 unspecified atom stereocenters. The van der Waals surface area contributed by atoms with Crippen LogP contribution in [0.2, 0.25) is 0 Å². The van der Waals surface area contributed by atoms with E-state index in [9.17, 15) is 8.42 Å². The first kappa shape index (κ1) is 15.3. The normalized spacial score (nSPS) is 11.4. The molecule has 6 heteroatoms. The predicted molar refractivity (Wildman–Crippen MR) is 90.7 cm³/mol. The number of aromatic nitrogens is 2. The molecule has 0 fully saturated rings. The Kier molecular flexibility index (Phi) is 3.92. The van der Waals surface area contributed by atoms with E-state index in [0.717, 1.165) is 22.4 Å². The molecule has 3 rings (SSSR count). The van der Waals surface area contributed by atoms with E-state index >= 15 is 0 Å². The Morgan fingerprint density at radius 1 is 1.04 bits per heavy atom. The van der Waals surface area contributed by atoms with E-state index in [4.69, 9.17) is 0 Å². The monoisotopic (exact) mass is 327 g/mol. The minimum atomic E-state index is -3.61. The predicted octanol–water partition coefficient (Wildman–Crippen LogP) is 3.49. The highest BCUT2D eigenvalue weighted by atomic mass is 32.2. The molecule has 5 nitrogen and oxygen atoms in total. The molecule has 0 radical (unpaired) electrons. The molecular weight excluding hydrogens is 310 g/mol. The van der Waals surface area contributed by atoms with Crippen LogP contribution in [-0.4, -0.2) is 18.4 Å². The fourth-order valence-corrected chi connectivity index (χ4v) is 3.39. The van der Waals surface area contributed by atoms with Gasteiger partial charge in [0.25, 0.3) is 10.0 Å². The second-order valence-electron chi connectivity index (χ2n) is 5.40. The fourth-order valence-electron chi connectivity index (χ4n) is 2.26. The molecule has 0 bridgehead atoms. The second kappa shape index (κ2) is 5.89. The van der Waals surface area contributed by atoms with Crippen LogP contribution in [0, 0.1) is 13.8 Å². The summed E-state index contributed by atoms with van der Waals surface area (Å²) in [6, 6.07) is 12.3. The molecule has 0 spiro atoms. The average Bonchev–Trinajstić information content (AvgIpc) is 3.04. The SMILES string of the molecule is Cc1ccc(S(=O)(=O)Nc2cccc(-c3cnc[nH]3)c2)cc1C. The van der Waals surface area contributed by atoms with Gasteiger partial charge >= 0.3 is 0 Å². The van der Waals surface area contributed by atoms with Gasteiger partial charge in [-0.05, 0) is 49.2 Å². The maximum absolute atomic E-state index is 12.5. The van der Waals surface area contributed by atoms with Crippen molar-refractivity contribution < 1.29 is 8.42 Å². The number of aromatic amines is 1. The Bertz CT molecular complexity index is 932. The van der Waals surface area contributed by atoms with Gasteiger partial charge in [-0.2, -0.15) is 0 Å². The Morgan fingerprint density at radius 3 is 2.57 bits per heavy atom. The fraction of sp³-hybridized carbons (Fsp3) is 0.118. The number of hydrogen-bond acceptors (Lipinski definition) is 3. The summed E-state index contributed by atoms with van der Waals surface area (Å²) in [5, 5.41) is 0. The Balaban J connectivity index is 1.91. The minimum absolute atomic E-state index is 0.257. The van der Waals surface area contributed by atoms with Crippen molar-refractivity contribution in [2.75, 3.05) is 4.72 Å². The Hall–Kier alpha value is -2.60. The third-order valence-electron chi connectivity index (χ3n) is 3.71. The number of sulfonamides is 1. The zero-order chi connectivity index (χ0) is 16.4. The zero-order valence-electron chi connectivity index (χ0n) is 12.9. The van der Waals surface area contributed by atoms with E-state index in [1.807, 2.05) is 26.0 Å². The number of nitrogens with zero attached hydrogens (tertiary/aromatic N) is 1. The summed E-state index contributed by atoms with van der Waals surface area (Å²) in [5.74, 6) is 0. The minimum Gasteiger partial charge on any atom is -0.345 e. The molecule has 0 aliphatic carbocycles. The van der Waals surface area contributed by atoms with Crippen molar-refractivity contribution in [3.8, 4) is 11.3 Å². The number of anilines is 1. The lowest BCUT2D eigenvalue weighted by Gasteiger charge is -2.10. The van der Waals surface area contributed by atoms with Gasteiger partial charge in [0.2, 0.25) is 0 Å². The summed E-state index contributed by atoms with van der Waals surface area (Å²) in [5.41, 5.74) is 4.21. The van der Waals surface area contributed by atoms with Crippen LogP contribution in [0.4, 0.5) is 5.69 Å². The molecule has 0 saturated heterocycles. The van der Waals surface area contributed by atoms with Crippen molar-refractivity contribution in [3.63, 3.8) is 0 Å². The highest BCUT2D eigenvalue weighted by Gasteiger charge is 2.15. The second-order valence-corrected chi connectivity index (χ2v) is 7.08. The lowest BCUT2D eigenvalue weighted by molar-refractivity contribution is 0.601. The van der Waals surface area contributed by atoms with E-state index in [2.05, 4.69) is 14.7 Å². The summed E-state index contributed by atoms with van der Waals surface area (Å²) in [7, 11) is -3.61. The number of nitrogens with one attached hydrogen (secondary N) is 2. The summed E-state index contributed by atoms with van der Waals surface area (Å²) in [6.45, 7) is 3.85. The van der Waals surface area contributed by atoms with Crippen molar-refractivity contribution in [1.82, 2.24) is 9.97 Å². The molecule has 0 atom stereocenters. The van der Waals surface area contributed by atoms with E-state index in [1.54, 1.807) is 42.9 Å². The molecule has 118 valence electrons. The molecule has 0 aliphatic rings. The average molecular weight is 327 g/mol. The molecule has 0 amide bonds. The number of benzene rings is 2. The van der Waals surface area contributed by atoms with E-state index in [1.165, 1.54) is 0 Å². The Labute approximate surface area is 135 Å². The van der Waals surface area contributed by atoms with Crippen molar-refractivity contribution in [3.05, 3.63) is 66.1 Å². The van der Waals surface area contributed by atoms with Crippen molar-refractivity contribution >= 4 is 15.7 Å². The number of aryl methyl sites for hydroxylation is 2. The van der Waals surface area contributed by atoms with Gasteiger partial charge in [-0.15, -0.1) is 0 Å². The van der Waals surface area contributed by atoms with Crippen molar-refractivity contribution in [2.45, 2.75) is 18.7 Å². The Morgan fingerprint density at radius 2 is 1.87 bits per heavy atom. The van der Waals surface area contributed by atoms with Gasteiger partial charge < -0.3 is 4.98 Å². The summed E-state index contributed by atoms with van der Waals surface area (Å²) in [4.78, 5) is 7.23. The van der Waals surface area contributed by atoms with Gasteiger partial charge in [0.05, 0.1) is 23.1 Å². The standard InChI is InChI=1S/C17H17N3O2S/c1-12-6-7-16(8-13(12)2)23(21,22)20-15-5-3-4-14(9-15)17-10-18-11-19-17/h3-11,20H,1-2H3,(H,18,19). The first-order chi connectivity index (χ1) is 11.0. The highest BCUT2D eigenvalue weighted by Crippen LogP contribution is 2.23. The molecular formula is C17H17N3O2S. The van der Waals surface area contributed by atoms with Crippen LogP contribution in [0.15, 0.2) is 59.9 Å². The van der Waals surface area contributed by atoms with Crippen LogP contribution >= 0.6 is 0 Å². The summed E-state index contributed by atoms with van der Waals surface area (Å²) >= 11 is 0. The van der Waals surface area contributed by atoms with E-state index < -0.39 is 10.0 Å². The maximum atomic E-state index is 12.5. The van der Waals surface area contributed by atoms with Crippen LogP contribution in [0.25, 0.3) is 11.3 Å². The number of hydrogen-bond donors (Lipinski definition) is 2. The molecule has 3 aromatic rings. The molecule has 2 N–H and O–H groups in total. The van der Waals surface area contributed by atoms with Gasteiger partial charge in [0.1, 0.15) is 0 Å². The molecule has 1 heterocycles. The first-order valence-corrected chi connectivity index (χ1v) is 8.63. The molecule has 1 aromatic heterocycles. The van der Waals surface area contributed by atoms with Crippen molar-refractivity contribution in [2.24, 2.45) is 0 Å². The van der Waals surface area contributed by atoms with Crippen LogP contribution in [0.5, 0.6) is 0 Å². The summed E-state index contributed by atoms with van der Waals surface area (Å²) in [6.07, 6.45) is 3.28. The first-order valence-electron chi connectivity index (χ1n) is 7.14. The number of H-pyrrole nitrogens is 1. The third kappa shape index (κ3) is 3.27. The van der Waals surface area contributed by atoms with Gasteiger partial charge in [-0.1, -0.05) is 18.2 Å². The molecule has 0 aliphatic heterocycles. The van der Waals surface area contributed by atoms with Gasteiger partial charge in [-0.25, -0.2) is 13.4 Å². The van der Waals surface area contributed by atoms with E-state index in [0.29, 0.717) is 5.69 Å². The van der Waals surface area contributed by atoms with Crippen molar-refractivity contribution in [1.29, 1.82) is 0 Å². The van der Waals surface area contributed by atoms with Crippen LogP contribution in [0.1, 0.15) is 11.1 Å². The summed E-state index contributed by atoms with van der Waals surface area (Å²) < 4.78 is 27.7. The largest absolute Gasteiger partial charge is 0.345 e. The maximum Gasteiger partial charge on any atom is 0.261 e. The smallest absolute Gasteiger partial charge is 0.261 e. The zero-order valence-corrected chi connectivity index (χ0v) is 13.7. The third-order valence-corrected chi connectivity index (χ3v) is 5.09. The van der Waals surface area contributed by atoms with Gasteiger partial charge in [0, 0.05) is 11.3 Å². The number of rotatable bonds is 4. The lowest BCUT2D eigenvalue weighted by atomic mass is 10.1. The number of imidazole rings is 1. The van der Waals surface area contributed by atoms with E-state index in [-0.39, 0.29) is 4.90 Å². The molecule has 23 heavy (non-hydrogen) atoms. The van der Waals surface area contributed by atoms with Crippen LogP contribution in [-0.2, 0) is 10.0 Å². The molecule has 0 saturated carbocycles. The molecule has 2 aromatic carbocycles. The van der Waals surface area contributed by atoms with Crippen LogP contribution < -0.4 is 4.72 Å². The van der Waals surface area contributed by atoms with Gasteiger partial charge in [0.15, 0.2) is 0 Å². The quantitative estimate of drug-likeness (QED) is 0.770. The van der Waals surface area contributed by atoms with Gasteiger partial charge in [-0.3, -0.25) is 4.72 Å². The highest BCUT2D eigenvalue weighted by molar-refractivity contribution is 7.92.